The summed E-state index contributed by atoms with van der Waals surface area (Å²) in [6, 6.07) is 2.47. The van der Waals surface area contributed by atoms with Gasteiger partial charge in [0.25, 0.3) is 0 Å². The average Bonchev–Trinajstić information content (AvgIpc) is 2.29. The lowest BCUT2D eigenvalue weighted by molar-refractivity contribution is 0.413. The molecule has 0 saturated carbocycles. The fraction of sp³-hybridized carbons (Fsp3) is 0.417. The van der Waals surface area contributed by atoms with E-state index in [1.807, 2.05) is 19.3 Å². The van der Waals surface area contributed by atoms with Crippen molar-refractivity contribution < 1.29 is 4.74 Å². The van der Waals surface area contributed by atoms with E-state index in [0.717, 1.165) is 17.7 Å². The molecular formula is C12H18N2O. The minimum Gasteiger partial charge on any atom is -0.495 e. The third-order valence-electron chi connectivity index (χ3n) is 2.26. The highest BCUT2D eigenvalue weighted by Crippen LogP contribution is 2.11. The number of nitrogens with zero attached hydrogens (tertiary/aromatic N) is 1. The monoisotopic (exact) mass is 206 g/mol. The van der Waals surface area contributed by atoms with Gasteiger partial charge in [0, 0.05) is 12.2 Å². The number of ether oxygens (including phenoxy) is 1. The third kappa shape index (κ3) is 4.13. The Bertz CT molecular complexity index is 323. The number of pyridine rings is 1. The summed E-state index contributed by atoms with van der Waals surface area (Å²) in [6.07, 6.45) is 8.73. The molecule has 0 aromatic carbocycles. The standard InChI is InChI=1S/C12H18N2O/c1-10(13-2)5-4-6-11-7-12(15-3)9-14-8-11/h4,6-10,13H,5H2,1-3H3/t10-/m0/s1. The van der Waals surface area contributed by atoms with Crippen LogP contribution in [0, 0.1) is 0 Å². The van der Waals surface area contributed by atoms with E-state index in [0.29, 0.717) is 6.04 Å². The first-order valence-electron chi connectivity index (χ1n) is 5.09. The second kappa shape index (κ2) is 6.19. The molecule has 82 valence electrons. The Morgan fingerprint density at radius 1 is 1.53 bits per heavy atom. The molecule has 15 heavy (non-hydrogen) atoms. The quantitative estimate of drug-likeness (QED) is 0.801. The molecule has 0 radical (unpaired) electrons. The van der Waals surface area contributed by atoms with Gasteiger partial charge >= 0.3 is 0 Å². The lowest BCUT2D eigenvalue weighted by Gasteiger charge is -2.05. The fourth-order valence-corrected chi connectivity index (χ4v) is 1.16. The van der Waals surface area contributed by atoms with Crippen LogP contribution in [-0.2, 0) is 0 Å². The van der Waals surface area contributed by atoms with E-state index in [2.05, 4.69) is 29.4 Å². The van der Waals surface area contributed by atoms with E-state index in [9.17, 15) is 0 Å². The number of hydrogen-bond acceptors (Lipinski definition) is 3. The summed E-state index contributed by atoms with van der Waals surface area (Å²) >= 11 is 0. The van der Waals surface area contributed by atoms with Crippen LogP contribution >= 0.6 is 0 Å². The van der Waals surface area contributed by atoms with Crippen molar-refractivity contribution in [2.75, 3.05) is 14.2 Å². The summed E-state index contributed by atoms with van der Waals surface area (Å²) in [5.41, 5.74) is 1.07. The van der Waals surface area contributed by atoms with E-state index in [1.54, 1.807) is 13.3 Å². The van der Waals surface area contributed by atoms with Crippen LogP contribution in [0.25, 0.3) is 6.08 Å². The van der Waals surface area contributed by atoms with Crippen molar-refractivity contribution in [3.8, 4) is 5.75 Å². The van der Waals surface area contributed by atoms with E-state index in [-0.39, 0.29) is 0 Å². The van der Waals surface area contributed by atoms with Gasteiger partial charge in [0.05, 0.1) is 13.3 Å². The lowest BCUT2D eigenvalue weighted by atomic mass is 10.2. The van der Waals surface area contributed by atoms with Crippen molar-refractivity contribution in [3.05, 3.63) is 30.1 Å². The van der Waals surface area contributed by atoms with Crippen molar-refractivity contribution in [1.29, 1.82) is 0 Å². The minimum atomic E-state index is 0.500. The van der Waals surface area contributed by atoms with Gasteiger partial charge in [-0.15, -0.1) is 0 Å². The van der Waals surface area contributed by atoms with Gasteiger partial charge in [-0.2, -0.15) is 0 Å². The molecule has 1 aromatic rings. The molecule has 0 spiro atoms. The Morgan fingerprint density at radius 3 is 3.00 bits per heavy atom. The van der Waals surface area contributed by atoms with Crippen molar-refractivity contribution in [3.63, 3.8) is 0 Å². The zero-order valence-corrected chi connectivity index (χ0v) is 9.53. The largest absolute Gasteiger partial charge is 0.495 e. The van der Waals surface area contributed by atoms with Crippen LogP contribution in [0.2, 0.25) is 0 Å². The van der Waals surface area contributed by atoms with Gasteiger partial charge in [-0.05, 0) is 32.0 Å². The van der Waals surface area contributed by atoms with Crippen molar-refractivity contribution in [1.82, 2.24) is 10.3 Å². The first-order chi connectivity index (χ1) is 7.26. The van der Waals surface area contributed by atoms with Gasteiger partial charge in [-0.3, -0.25) is 4.98 Å². The van der Waals surface area contributed by atoms with Gasteiger partial charge in [0.1, 0.15) is 5.75 Å². The van der Waals surface area contributed by atoms with Crippen LogP contribution in [0.15, 0.2) is 24.5 Å². The van der Waals surface area contributed by atoms with E-state index in [4.69, 9.17) is 4.74 Å². The highest BCUT2D eigenvalue weighted by molar-refractivity contribution is 5.49. The van der Waals surface area contributed by atoms with Crippen molar-refractivity contribution >= 4 is 6.08 Å². The Labute approximate surface area is 91.2 Å². The SMILES string of the molecule is CN[C@@H](C)CC=Cc1cncc(OC)c1. The number of hydrogen-bond donors (Lipinski definition) is 1. The Morgan fingerprint density at radius 2 is 2.33 bits per heavy atom. The molecule has 1 N–H and O–H groups in total. The van der Waals surface area contributed by atoms with Gasteiger partial charge in [-0.1, -0.05) is 12.2 Å². The third-order valence-corrected chi connectivity index (χ3v) is 2.26. The smallest absolute Gasteiger partial charge is 0.137 e. The second-order valence-electron chi connectivity index (χ2n) is 3.49. The second-order valence-corrected chi connectivity index (χ2v) is 3.49. The zero-order valence-electron chi connectivity index (χ0n) is 9.53. The molecular weight excluding hydrogens is 188 g/mol. The van der Waals surface area contributed by atoms with Gasteiger partial charge in [-0.25, -0.2) is 0 Å². The lowest BCUT2D eigenvalue weighted by Crippen LogP contribution is -2.19. The molecule has 1 atom stereocenters. The highest BCUT2D eigenvalue weighted by Gasteiger charge is 1.94. The van der Waals surface area contributed by atoms with Crippen molar-refractivity contribution in [2.45, 2.75) is 19.4 Å². The molecule has 0 aliphatic carbocycles. The molecule has 0 unspecified atom stereocenters. The Hall–Kier alpha value is -1.35. The van der Waals surface area contributed by atoms with Gasteiger partial charge in [0.2, 0.25) is 0 Å². The molecule has 0 saturated heterocycles. The van der Waals surface area contributed by atoms with Crippen LogP contribution in [0.1, 0.15) is 18.9 Å². The Balaban J connectivity index is 2.56. The van der Waals surface area contributed by atoms with E-state index >= 15 is 0 Å². The number of aromatic nitrogens is 1. The number of rotatable bonds is 5. The van der Waals surface area contributed by atoms with E-state index in [1.165, 1.54) is 0 Å². The number of nitrogens with one attached hydrogen (secondary N) is 1. The molecule has 0 aliphatic heterocycles. The molecule has 0 amide bonds. The first kappa shape index (κ1) is 11.7. The Kier molecular flexibility index (Phi) is 4.84. The summed E-state index contributed by atoms with van der Waals surface area (Å²) in [5.74, 6) is 0.791. The van der Waals surface area contributed by atoms with Crippen LogP contribution in [0.4, 0.5) is 0 Å². The van der Waals surface area contributed by atoms with E-state index < -0.39 is 0 Å². The molecule has 0 bridgehead atoms. The summed E-state index contributed by atoms with van der Waals surface area (Å²) in [6.45, 7) is 2.15. The minimum absolute atomic E-state index is 0.500. The molecule has 1 rings (SSSR count). The average molecular weight is 206 g/mol. The predicted molar refractivity (Wildman–Crippen MR) is 63.0 cm³/mol. The van der Waals surface area contributed by atoms with Gasteiger partial charge in [0.15, 0.2) is 0 Å². The molecule has 0 fully saturated rings. The van der Waals surface area contributed by atoms with Crippen LogP contribution in [-0.4, -0.2) is 25.2 Å². The normalized spacial score (nSPS) is 13.0. The number of methoxy groups -OCH3 is 1. The molecule has 3 nitrogen and oxygen atoms in total. The molecule has 0 aliphatic rings. The van der Waals surface area contributed by atoms with Crippen molar-refractivity contribution in [2.24, 2.45) is 0 Å². The first-order valence-corrected chi connectivity index (χ1v) is 5.09. The van der Waals surface area contributed by atoms with Gasteiger partial charge < -0.3 is 10.1 Å². The van der Waals surface area contributed by atoms with Crippen LogP contribution in [0.3, 0.4) is 0 Å². The van der Waals surface area contributed by atoms with Crippen LogP contribution in [0.5, 0.6) is 5.75 Å². The molecule has 1 aromatic heterocycles. The maximum absolute atomic E-state index is 5.09. The summed E-state index contributed by atoms with van der Waals surface area (Å²) in [5, 5.41) is 3.18. The molecule has 3 heteroatoms. The maximum Gasteiger partial charge on any atom is 0.137 e. The summed E-state index contributed by atoms with van der Waals surface area (Å²) < 4.78 is 5.09. The maximum atomic E-state index is 5.09. The topological polar surface area (TPSA) is 34.2 Å². The van der Waals surface area contributed by atoms with Crippen LogP contribution < -0.4 is 10.1 Å². The highest BCUT2D eigenvalue weighted by atomic mass is 16.5. The fourth-order valence-electron chi connectivity index (χ4n) is 1.16. The summed E-state index contributed by atoms with van der Waals surface area (Å²) in [7, 11) is 3.61. The zero-order chi connectivity index (χ0) is 11.1. The summed E-state index contributed by atoms with van der Waals surface area (Å²) in [4.78, 5) is 4.08. The predicted octanol–water partition coefficient (Wildman–Crippen LogP) is 2.10. The molecule has 1 heterocycles.